The molecule has 1 atom stereocenters. The standard InChI is InChI=1S/C40H68O4/c1-3-5-7-9-11-13-15-17-19-20-21-22-24-26-28-30-32-34-36-43-38-39(37-41)44-40(42)35-33-31-29-27-25-23-18-16-14-12-10-8-6-4-2/h5,7,11,13,16-19,21-22,26,28,39,41H,3-4,6,8-10,12,14-15,20,23-25,27,29-38H2,1-2H3/b7-5-,13-11-,18-16-,19-17-,22-21-,28-26-. The average Bonchev–Trinajstić information content (AvgIpc) is 3.03. The quantitative estimate of drug-likeness (QED) is 0.0466. The Kier molecular flexibility index (Phi) is 35.2. The maximum Gasteiger partial charge on any atom is 0.306 e. The third-order valence-electron chi connectivity index (χ3n) is 7.27. The van der Waals surface area contributed by atoms with E-state index in [2.05, 4.69) is 86.8 Å². The lowest BCUT2D eigenvalue weighted by atomic mass is 10.1. The summed E-state index contributed by atoms with van der Waals surface area (Å²) in [6.45, 7) is 5.09. The molecule has 0 saturated heterocycles. The van der Waals surface area contributed by atoms with E-state index >= 15 is 0 Å². The number of carbonyl (C=O) groups excluding carboxylic acids is 1. The third-order valence-corrected chi connectivity index (χ3v) is 7.27. The van der Waals surface area contributed by atoms with E-state index < -0.39 is 6.10 Å². The highest BCUT2D eigenvalue weighted by Gasteiger charge is 2.13. The molecule has 0 rings (SSSR count). The van der Waals surface area contributed by atoms with Gasteiger partial charge in [0.25, 0.3) is 0 Å². The predicted octanol–water partition coefficient (Wildman–Crippen LogP) is 11.5. The summed E-state index contributed by atoms with van der Waals surface area (Å²) < 4.78 is 11.1. The molecule has 0 aliphatic rings. The predicted molar refractivity (Wildman–Crippen MR) is 191 cm³/mol. The van der Waals surface area contributed by atoms with E-state index in [1.807, 2.05) is 0 Å². The average molecular weight is 613 g/mol. The summed E-state index contributed by atoms with van der Waals surface area (Å²) in [5.74, 6) is -0.229. The summed E-state index contributed by atoms with van der Waals surface area (Å²) in [6, 6.07) is 0. The number of unbranched alkanes of at least 4 members (excludes halogenated alkanes) is 12. The number of hydrogen-bond donors (Lipinski definition) is 1. The van der Waals surface area contributed by atoms with E-state index in [1.165, 1.54) is 57.8 Å². The van der Waals surface area contributed by atoms with Crippen LogP contribution in [0.3, 0.4) is 0 Å². The molecule has 1 unspecified atom stereocenters. The molecule has 0 saturated carbocycles. The Balaban J connectivity index is 3.59. The molecule has 0 heterocycles. The molecule has 1 N–H and O–H groups in total. The highest BCUT2D eigenvalue weighted by Crippen LogP contribution is 2.10. The molecular formula is C40H68O4. The molecule has 0 fully saturated rings. The number of aliphatic hydroxyl groups is 1. The number of allylic oxidation sites excluding steroid dienone is 12. The highest BCUT2D eigenvalue weighted by molar-refractivity contribution is 5.69. The van der Waals surface area contributed by atoms with Crippen molar-refractivity contribution in [2.75, 3.05) is 19.8 Å². The van der Waals surface area contributed by atoms with E-state index in [9.17, 15) is 9.90 Å². The fourth-order valence-electron chi connectivity index (χ4n) is 4.58. The number of aliphatic hydroxyl groups excluding tert-OH is 1. The van der Waals surface area contributed by atoms with Crippen LogP contribution >= 0.6 is 0 Å². The molecule has 0 aliphatic carbocycles. The number of esters is 1. The SMILES string of the molecule is CC/C=C\C/C=C\C/C=C\C/C=C\C/C=C\CCCCOCC(CO)OC(=O)CCCCCCC/C=C\CCCCCCC. The number of rotatable bonds is 32. The van der Waals surface area contributed by atoms with Crippen molar-refractivity contribution < 1.29 is 19.4 Å². The van der Waals surface area contributed by atoms with Gasteiger partial charge in [0.15, 0.2) is 0 Å². The Hall–Kier alpha value is -2.17. The van der Waals surface area contributed by atoms with Crippen LogP contribution in [0.2, 0.25) is 0 Å². The summed E-state index contributed by atoms with van der Waals surface area (Å²) >= 11 is 0. The molecule has 0 aromatic heterocycles. The first-order chi connectivity index (χ1) is 21.7. The van der Waals surface area contributed by atoms with Crippen LogP contribution in [0.5, 0.6) is 0 Å². The fourth-order valence-corrected chi connectivity index (χ4v) is 4.58. The molecule has 4 heteroatoms. The van der Waals surface area contributed by atoms with Gasteiger partial charge in [0.05, 0.1) is 13.2 Å². The smallest absolute Gasteiger partial charge is 0.306 e. The van der Waals surface area contributed by atoms with Crippen LogP contribution in [0, 0.1) is 0 Å². The molecule has 0 aromatic rings. The minimum atomic E-state index is -0.563. The molecule has 44 heavy (non-hydrogen) atoms. The van der Waals surface area contributed by atoms with E-state index in [0.717, 1.165) is 70.6 Å². The van der Waals surface area contributed by atoms with Crippen LogP contribution in [-0.4, -0.2) is 37.0 Å². The maximum absolute atomic E-state index is 12.1. The van der Waals surface area contributed by atoms with Gasteiger partial charge in [-0.15, -0.1) is 0 Å². The Bertz CT molecular complexity index is 774. The third kappa shape index (κ3) is 34.3. The van der Waals surface area contributed by atoms with Crippen LogP contribution < -0.4 is 0 Å². The van der Waals surface area contributed by atoms with Crippen LogP contribution in [0.15, 0.2) is 72.9 Å². The second kappa shape index (κ2) is 37.0. The molecule has 0 bridgehead atoms. The van der Waals surface area contributed by atoms with Crippen molar-refractivity contribution in [2.45, 2.75) is 155 Å². The lowest BCUT2D eigenvalue weighted by molar-refractivity contribution is -0.154. The molecular weight excluding hydrogens is 544 g/mol. The van der Waals surface area contributed by atoms with Gasteiger partial charge in [-0.2, -0.15) is 0 Å². The summed E-state index contributed by atoms with van der Waals surface area (Å²) in [5, 5.41) is 9.54. The van der Waals surface area contributed by atoms with Gasteiger partial charge >= 0.3 is 5.97 Å². The molecule has 0 amide bonds. The van der Waals surface area contributed by atoms with Crippen molar-refractivity contribution >= 4 is 5.97 Å². The van der Waals surface area contributed by atoms with Crippen LogP contribution in [0.25, 0.3) is 0 Å². The van der Waals surface area contributed by atoms with E-state index in [4.69, 9.17) is 9.47 Å². The van der Waals surface area contributed by atoms with Crippen LogP contribution in [0.1, 0.15) is 149 Å². The number of hydrogen-bond acceptors (Lipinski definition) is 4. The lowest BCUT2D eigenvalue weighted by Crippen LogP contribution is -2.27. The lowest BCUT2D eigenvalue weighted by Gasteiger charge is -2.15. The minimum absolute atomic E-state index is 0.196. The van der Waals surface area contributed by atoms with Gasteiger partial charge in [-0.1, -0.05) is 132 Å². The van der Waals surface area contributed by atoms with Crippen molar-refractivity contribution in [3.63, 3.8) is 0 Å². The summed E-state index contributed by atoms with van der Waals surface area (Å²) in [6.07, 6.45) is 49.4. The van der Waals surface area contributed by atoms with Gasteiger partial charge in [-0.3, -0.25) is 4.79 Å². The Morgan fingerprint density at radius 3 is 1.57 bits per heavy atom. The Morgan fingerprint density at radius 2 is 1.02 bits per heavy atom. The first-order valence-electron chi connectivity index (χ1n) is 18.0. The second-order valence-electron chi connectivity index (χ2n) is 11.6. The van der Waals surface area contributed by atoms with Crippen molar-refractivity contribution in [1.29, 1.82) is 0 Å². The van der Waals surface area contributed by atoms with Crippen LogP contribution in [0.4, 0.5) is 0 Å². The molecule has 0 spiro atoms. The van der Waals surface area contributed by atoms with Crippen molar-refractivity contribution in [3.05, 3.63) is 72.9 Å². The first-order valence-corrected chi connectivity index (χ1v) is 18.0. The molecule has 4 nitrogen and oxygen atoms in total. The van der Waals surface area contributed by atoms with Gasteiger partial charge in [-0.05, 0) is 83.5 Å². The molecule has 252 valence electrons. The molecule has 0 aliphatic heterocycles. The normalized spacial score (nSPS) is 13.2. The summed E-state index contributed by atoms with van der Waals surface area (Å²) in [5.41, 5.74) is 0. The van der Waals surface area contributed by atoms with Crippen molar-refractivity contribution in [2.24, 2.45) is 0 Å². The Labute approximate surface area is 272 Å². The monoisotopic (exact) mass is 613 g/mol. The van der Waals surface area contributed by atoms with Gasteiger partial charge in [0.1, 0.15) is 6.10 Å². The van der Waals surface area contributed by atoms with E-state index in [1.54, 1.807) is 0 Å². The van der Waals surface area contributed by atoms with Gasteiger partial charge in [-0.25, -0.2) is 0 Å². The van der Waals surface area contributed by atoms with E-state index in [0.29, 0.717) is 13.0 Å². The zero-order valence-corrected chi connectivity index (χ0v) is 28.6. The van der Waals surface area contributed by atoms with Crippen molar-refractivity contribution in [1.82, 2.24) is 0 Å². The topological polar surface area (TPSA) is 55.8 Å². The highest BCUT2D eigenvalue weighted by atomic mass is 16.6. The maximum atomic E-state index is 12.1. The van der Waals surface area contributed by atoms with Gasteiger partial charge in [0, 0.05) is 13.0 Å². The Morgan fingerprint density at radius 1 is 0.568 bits per heavy atom. The zero-order valence-electron chi connectivity index (χ0n) is 28.6. The largest absolute Gasteiger partial charge is 0.457 e. The zero-order chi connectivity index (χ0) is 32.0. The minimum Gasteiger partial charge on any atom is -0.457 e. The van der Waals surface area contributed by atoms with Gasteiger partial charge < -0.3 is 14.6 Å². The second-order valence-corrected chi connectivity index (χ2v) is 11.6. The fraction of sp³-hybridized carbons (Fsp3) is 0.675. The van der Waals surface area contributed by atoms with Crippen molar-refractivity contribution in [3.8, 4) is 0 Å². The number of ether oxygens (including phenoxy) is 2. The summed E-state index contributed by atoms with van der Waals surface area (Å²) in [4.78, 5) is 12.1. The molecule has 0 aromatic carbocycles. The first kappa shape index (κ1) is 41.8. The van der Waals surface area contributed by atoms with Gasteiger partial charge in [0.2, 0.25) is 0 Å². The molecule has 0 radical (unpaired) electrons. The van der Waals surface area contributed by atoms with Crippen LogP contribution in [-0.2, 0) is 14.3 Å². The van der Waals surface area contributed by atoms with E-state index in [-0.39, 0.29) is 19.2 Å². The summed E-state index contributed by atoms with van der Waals surface area (Å²) in [7, 11) is 0. The number of carbonyl (C=O) groups is 1.